The first-order valence-corrected chi connectivity index (χ1v) is 13.4. The van der Waals surface area contributed by atoms with Crippen molar-refractivity contribution in [3.63, 3.8) is 0 Å². The first-order chi connectivity index (χ1) is 17.2. The third-order valence-corrected chi connectivity index (χ3v) is 9.22. The van der Waals surface area contributed by atoms with Gasteiger partial charge in [0.25, 0.3) is 11.4 Å². The second kappa shape index (κ2) is 10.4. The Kier molecular flexibility index (Phi) is 7.47. The number of hydrogen-bond donors (Lipinski definition) is 1. The Balaban J connectivity index is 0.00000320. The van der Waals surface area contributed by atoms with Crippen molar-refractivity contribution < 1.29 is 18.3 Å². The zero-order chi connectivity index (χ0) is 25.4. The maximum Gasteiger partial charge on any atom is 0.299 e. The number of non-ortho nitro benzene ring substituents is 1. The van der Waals surface area contributed by atoms with Gasteiger partial charge in [0.1, 0.15) is 5.69 Å². The lowest BCUT2D eigenvalue weighted by Crippen LogP contribution is -2.41. The highest BCUT2D eigenvalue weighted by atomic mass is 32.2. The summed E-state index contributed by atoms with van der Waals surface area (Å²) in [6, 6.07) is 13.6. The molecule has 11 heteroatoms. The van der Waals surface area contributed by atoms with Crippen LogP contribution in [-0.2, 0) is 10.0 Å². The second-order valence-electron chi connectivity index (χ2n) is 9.47. The van der Waals surface area contributed by atoms with E-state index in [1.807, 2.05) is 0 Å². The maximum atomic E-state index is 13.6. The number of nitrogens with one attached hydrogen (secondary N) is 1. The fraction of sp³-hybridized carbons (Fsp3) is 0.385. The van der Waals surface area contributed by atoms with E-state index in [1.54, 1.807) is 40.7 Å². The number of nitro benzene ring substituents is 2. The number of benzene rings is 3. The van der Waals surface area contributed by atoms with E-state index < -0.39 is 25.6 Å². The highest BCUT2D eigenvalue weighted by molar-refractivity contribution is 7.89. The zero-order valence-corrected chi connectivity index (χ0v) is 20.3. The summed E-state index contributed by atoms with van der Waals surface area (Å²) in [5.41, 5.74) is -0.172. The van der Waals surface area contributed by atoms with Crippen molar-refractivity contribution in [3.05, 3.63) is 74.8 Å². The van der Waals surface area contributed by atoms with Gasteiger partial charge in [0.2, 0.25) is 10.0 Å². The average Bonchev–Trinajstić information content (AvgIpc) is 3.01. The molecule has 2 aliphatic rings. The van der Waals surface area contributed by atoms with E-state index in [1.165, 1.54) is 18.6 Å². The van der Waals surface area contributed by atoms with Crippen molar-refractivity contribution in [2.45, 2.75) is 56.9 Å². The molecule has 1 heterocycles. The molecule has 1 saturated heterocycles. The summed E-state index contributed by atoms with van der Waals surface area (Å²) in [6.07, 6.45) is 6.01. The van der Waals surface area contributed by atoms with Crippen LogP contribution < -0.4 is 5.32 Å². The summed E-state index contributed by atoms with van der Waals surface area (Å²) in [5.74, 6) is 0.609. The standard InChI is InChI=1S/C25H26N4O6S.CH4/c30-28(31)20-9-12-24(25(16-20)29(32)33)26-23-8-2-6-18-15-21(10-11-22(18)23)36(34,35)27-13-3-5-17-4-1-7-19(27)14-17;/h2,6,8-12,15-17,19,26H,1,3-5,7,13-14H2;1H4. The molecule has 0 amide bonds. The van der Waals surface area contributed by atoms with Gasteiger partial charge < -0.3 is 5.32 Å². The number of anilines is 2. The molecule has 1 N–H and O–H groups in total. The molecule has 3 aromatic rings. The van der Waals surface area contributed by atoms with Crippen LogP contribution in [0.2, 0.25) is 0 Å². The summed E-state index contributed by atoms with van der Waals surface area (Å²) in [5, 5.41) is 26.9. The van der Waals surface area contributed by atoms with Crippen molar-refractivity contribution in [1.29, 1.82) is 0 Å². The third-order valence-electron chi connectivity index (χ3n) is 7.27. The predicted octanol–water partition coefficient (Wildman–Crippen LogP) is 6.38. The van der Waals surface area contributed by atoms with Crippen molar-refractivity contribution in [2.75, 3.05) is 11.9 Å². The predicted molar refractivity (Wildman–Crippen MR) is 143 cm³/mol. The zero-order valence-electron chi connectivity index (χ0n) is 19.5. The van der Waals surface area contributed by atoms with E-state index in [-0.39, 0.29) is 29.7 Å². The minimum absolute atomic E-state index is 0. The summed E-state index contributed by atoms with van der Waals surface area (Å²) < 4.78 is 29.0. The van der Waals surface area contributed by atoms with Crippen LogP contribution in [0.15, 0.2) is 59.5 Å². The molecule has 3 aromatic carbocycles. The molecule has 196 valence electrons. The van der Waals surface area contributed by atoms with Gasteiger partial charge in [-0.15, -0.1) is 0 Å². The number of sulfonamides is 1. The molecule has 37 heavy (non-hydrogen) atoms. The van der Waals surface area contributed by atoms with Crippen LogP contribution in [0.4, 0.5) is 22.7 Å². The van der Waals surface area contributed by atoms with Crippen LogP contribution in [0.3, 0.4) is 0 Å². The van der Waals surface area contributed by atoms with Gasteiger partial charge in [-0.25, -0.2) is 8.42 Å². The number of rotatable bonds is 6. The molecule has 2 unspecified atom stereocenters. The van der Waals surface area contributed by atoms with Gasteiger partial charge >= 0.3 is 0 Å². The van der Waals surface area contributed by atoms with Gasteiger partial charge in [0.15, 0.2) is 0 Å². The van der Waals surface area contributed by atoms with Crippen molar-refractivity contribution in [2.24, 2.45) is 5.92 Å². The Morgan fingerprint density at radius 3 is 2.43 bits per heavy atom. The number of hydrogen-bond acceptors (Lipinski definition) is 7. The van der Waals surface area contributed by atoms with Crippen molar-refractivity contribution >= 4 is 43.5 Å². The summed E-state index contributed by atoms with van der Waals surface area (Å²) in [7, 11) is -3.67. The number of nitrogens with zero attached hydrogens (tertiary/aromatic N) is 3. The van der Waals surface area contributed by atoms with Crippen LogP contribution in [0.25, 0.3) is 10.8 Å². The highest BCUT2D eigenvalue weighted by Gasteiger charge is 2.37. The lowest BCUT2D eigenvalue weighted by atomic mass is 9.84. The molecular weight excluding hydrogens is 496 g/mol. The Morgan fingerprint density at radius 2 is 1.68 bits per heavy atom. The highest BCUT2D eigenvalue weighted by Crippen LogP contribution is 2.38. The van der Waals surface area contributed by atoms with Crippen molar-refractivity contribution in [1.82, 2.24) is 4.31 Å². The van der Waals surface area contributed by atoms with E-state index in [4.69, 9.17) is 0 Å². The molecule has 0 radical (unpaired) electrons. The first kappa shape index (κ1) is 26.5. The fourth-order valence-corrected chi connectivity index (χ4v) is 7.26. The third kappa shape index (κ3) is 5.14. The van der Waals surface area contributed by atoms with Gasteiger partial charge in [0.05, 0.1) is 20.8 Å². The molecular formula is C26H30N4O6S. The van der Waals surface area contributed by atoms with Crippen LogP contribution in [-0.4, -0.2) is 35.2 Å². The molecule has 2 atom stereocenters. The first-order valence-electron chi connectivity index (χ1n) is 12.0. The van der Waals surface area contributed by atoms with E-state index in [9.17, 15) is 28.6 Å². The van der Waals surface area contributed by atoms with E-state index in [2.05, 4.69) is 5.32 Å². The molecule has 2 bridgehead atoms. The second-order valence-corrected chi connectivity index (χ2v) is 11.4. The average molecular weight is 527 g/mol. The molecule has 5 rings (SSSR count). The number of fused-ring (bicyclic) bond motifs is 3. The monoisotopic (exact) mass is 526 g/mol. The molecule has 1 aliphatic heterocycles. The lowest BCUT2D eigenvalue weighted by Gasteiger charge is -2.33. The largest absolute Gasteiger partial charge is 0.349 e. The Morgan fingerprint density at radius 1 is 0.892 bits per heavy atom. The quantitative estimate of drug-likeness (QED) is 0.291. The van der Waals surface area contributed by atoms with Crippen LogP contribution >= 0.6 is 0 Å². The fourth-order valence-electron chi connectivity index (χ4n) is 5.52. The van der Waals surface area contributed by atoms with Gasteiger partial charge in [-0.3, -0.25) is 20.2 Å². The topological polar surface area (TPSA) is 136 Å². The molecule has 10 nitrogen and oxygen atoms in total. The smallest absolute Gasteiger partial charge is 0.299 e. The minimum atomic E-state index is -3.67. The Bertz CT molecular complexity index is 1460. The van der Waals surface area contributed by atoms with Gasteiger partial charge in [-0.1, -0.05) is 38.5 Å². The van der Waals surface area contributed by atoms with Crippen LogP contribution in [0, 0.1) is 26.1 Å². The van der Waals surface area contributed by atoms with E-state index in [0.717, 1.165) is 38.2 Å². The van der Waals surface area contributed by atoms with Crippen LogP contribution in [0.5, 0.6) is 0 Å². The minimum Gasteiger partial charge on any atom is -0.349 e. The van der Waals surface area contributed by atoms with Gasteiger partial charge in [-0.2, -0.15) is 4.31 Å². The molecule has 2 fully saturated rings. The maximum absolute atomic E-state index is 13.6. The SMILES string of the molecule is C.O=[N+]([O-])c1ccc(Nc2cccc3cc(S(=O)(=O)N4CCCC5CCCC4C5)ccc23)c([N+](=O)[O-])c1. The molecule has 1 saturated carbocycles. The Hall–Kier alpha value is -3.57. The normalized spacial score (nSPS) is 20.0. The van der Waals surface area contributed by atoms with Gasteiger partial charge in [0, 0.05) is 29.7 Å². The molecule has 0 aromatic heterocycles. The number of nitro groups is 2. The van der Waals surface area contributed by atoms with Gasteiger partial charge in [-0.05, 0) is 61.3 Å². The van der Waals surface area contributed by atoms with Crippen molar-refractivity contribution in [3.8, 4) is 0 Å². The summed E-state index contributed by atoms with van der Waals surface area (Å²) >= 11 is 0. The lowest BCUT2D eigenvalue weighted by molar-refractivity contribution is -0.393. The molecule has 0 spiro atoms. The van der Waals surface area contributed by atoms with E-state index >= 15 is 0 Å². The molecule has 1 aliphatic carbocycles. The Labute approximate surface area is 215 Å². The van der Waals surface area contributed by atoms with Crippen LogP contribution in [0.1, 0.15) is 46.0 Å². The summed E-state index contributed by atoms with van der Waals surface area (Å²) in [4.78, 5) is 21.4. The van der Waals surface area contributed by atoms with E-state index in [0.29, 0.717) is 28.9 Å². The summed E-state index contributed by atoms with van der Waals surface area (Å²) in [6.45, 7) is 0.535.